The smallest absolute Gasteiger partial charge is 0.157 e. The lowest BCUT2D eigenvalue weighted by atomic mass is 9.78. The Morgan fingerprint density at radius 3 is 2.38 bits per heavy atom. The number of rotatable bonds is 2. The van der Waals surface area contributed by atoms with Crippen molar-refractivity contribution in [2.24, 2.45) is 17.6 Å². The summed E-state index contributed by atoms with van der Waals surface area (Å²) in [6.07, 6.45) is 6.02. The molecule has 2 fully saturated rings. The van der Waals surface area contributed by atoms with Crippen molar-refractivity contribution in [1.82, 2.24) is 0 Å². The molecule has 2 N–H and O–H groups in total. The van der Waals surface area contributed by atoms with E-state index in [1.54, 1.807) is 0 Å². The molecular weight excluding hydrogens is 202 g/mol. The second kappa shape index (κ2) is 5.48. The third kappa shape index (κ3) is 2.96. The Morgan fingerprint density at radius 1 is 1.12 bits per heavy atom. The highest BCUT2D eigenvalue weighted by atomic mass is 16.7. The van der Waals surface area contributed by atoms with Gasteiger partial charge >= 0.3 is 0 Å². The fraction of sp³-hybridized carbons (Fsp3) is 1.00. The lowest BCUT2D eigenvalue weighted by Gasteiger charge is -2.40. The lowest BCUT2D eigenvalue weighted by Crippen LogP contribution is -2.44. The second-order valence-corrected chi connectivity index (χ2v) is 5.58. The zero-order valence-corrected chi connectivity index (χ0v) is 10.5. The lowest BCUT2D eigenvalue weighted by molar-refractivity contribution is -0.213. The van der Waals surface area contributed by atoms with Crippen LogP contribution in [0.5, 0.6) is 0 Å². The molecule has 1 heterocycles. The molecular formula is C13H25NO2. The summed E-state index contributed by atoms with van der Waals surface area (Å²) in [5, 5.41) is 0. The normalized spacial score (nSPS) is 45.6. The maximum atomic E-state index is 6.13. The van der Waals surface area contributed by atoms with Gasteiger partial charge in [0.05, 0.1) is 6.10 Å². The third-order valence-corrected chi connectivity index (χ3v) is 3.92. The molecule has 1 aliphatic carbocycles. The Labute approximate surface area is 98.7 Å². The highest BCUT2D eigenvalue weighted by Crippen LogP contribution is 2.32. The average Bonchev–Trinajstić information content (AvgIpc) is 2.25. The van der Waals surface area contributed by atoms with Gasteiger partial charge in [-0.2, -0.15) is 0 Å². The predicted octanol–water partition coefficient (Wildman–Crippen LogP) is 2.29. The van der Waals surface area contributed by atoms with Crippen molar-refractivity contribution in [2.45, 2.75) is 64.4 Å². The quantitative estimate of drug-likeness (QED) is 0.787. The number of hydrogen-bond acceptors (Lipinski definition) is 3. The van der Waals surface area contributed by atoms with Gasteiger partial charge in [-0.1, -0.05) is 13.8 Å². The van der Waals surface area contributed by atoms with Gasteiger partial charge < -0.3 is 15.2 Å². The van der Waals surface area contributed by atoms with Crippen molar-refractivity contribution in [2.75, 3.05) is 6.61 Å². The minimum atomic E-state index is 0.0398. The zero-order valence-electron chi connectivity index (χ0n) is 10.5. The van der Waals surface area contributed by atoms with Crippen LogP contribution in [0.15, 0.2) is 0 Å². The molecule has 0 aromatic rings. The average molecular weight is 227 g/mol. The van der Waals surface area contributed by atoms with Gasteiger partial charge in [-0.25, -0.2) is 0 Å². The van der Waals surface area contributed by atoms with E-state index in [0.717, 1.165) is 25.9 Å². The van der Waals surface area contributed by atoms with Crippen LogP contribution < -0.4 is 5.73 Å². The number of nitrogens with two attached hydrogens (primary N) is 1. The topological polar surface area (TPSA) is 44.5 Å². The van der Waals surface area contributed by atoms with Crippen LogP contribution in [0, 0.1) is 11.8 Å². The molecule has 3 unspecified atom stereocenters. The summed E-state index contributed by atoms with van der Waals surface area (Å²) in [6, 6.07) is 0.358. The van der Waals surface area contributed by atoms with Crippen LogP contribution in [0.1, 0.15) is 46.0 Å². The summed E-state index contributed by atoms with van der Waals surface area (Å²) in [5.41, 5.74) is 6.02. The van der Waals surface area contributed by atoms with Crippen LogP contribution in [0.25, 0.3) is 0 Å². The first kappa shape index (κ1) is 12.3. The zero-order chi connectivity index (χ0) is 11.5. The van der Waals surface area contributed by atoms with Crippen LogP contribution >= 0.6 is 0 Å². The highest BCUT2D eigenvalue weighted by molar-refractivity contribution is 4.85. The molecule has 0 aromatic heterocycles. The van der Waals surface area contributed by atoms with E-state index < -0.39 is 0 Å². The first-order chi connectivity index (χ1) is 7.66. The largest absolute Gasteiger partial charge is 0.353 e. The van der Waals surface area contributed by atoms with Crippen molar-refractivity contribution >= 4 is 0 Å². The molecule has 0 aromatic carbocycles. The third-order valence-electron chi connectivity index (χ3n) is 3.92. The van der Waals surface area contributed by atoms with E-state index in [9.17, 15) is 0 Å². The Bertz CT molecular complexity index is 204. The molecule has 0 radical (unpaired) electrons. The molecule has 94 valence electrons. The van der Waals surface area contributed by atoms with Gasteiger partial charge in [0.2, 0.25) is 0 Å². The molecule has 0 spiro atoms. The van der Waals surface area contributed by atoms with Crippen molar-refractivity contribution in [3.63, 3.8) is 0 Å². The highest BCUT2D eigenvalue weighted by Gasteiger charge is 2.34. The van der Waals surface area contributed by atoms with E-state index >= 15 is 0 Å². The molecule has 5 atom stereocenters. The summed E-state index contributed by atoms with van der Waals surface area (Å²) < 4.78 is 11.8. The van der Waals surface area contributed by atoms with Gasteiger partial charge in [0.1, 0.15) is 0 Å². The molecule has 1 aliphatic heterocycles. The molecule has 1 saturated carbocycles. The van der Waals surface area contributed by atoms with Gasteiger partial charge in [-0.3, -0.25) is 0 Å². The number of hydrogen-bond donors (Lipinski definition) is 1. The summed E-state index contributed by atoms with van der Waals surface area (Å²) in [5.74, 6) is 1.12. The van der Waals surface area contributed by atoms with Crippen LogP contribution in [0.4, 0.5) is 0 Å². The standard InChI is InChI=1S/C13H25NO2/c1-9-7-11(14)8-10(2)13(9)16-12-5-3-4-6-15-12/h9-13H,3-8,14H2,1-2H3/t9-,10+,11?,12?,13?. The van der Waals surface area contributed by atoms with Crippen LogP contribution in [0.3, 0.4) is 0 Å². The van der Waals surface area contributed by atoms with Crippen molar-refractivity contribution in [1.29, 1.82) is 0 Å². The first-order valence-electron chi connectivity index (χ1n) is 6.69. The molecule has 0 bridgehead atoms. The van der Waals surface area contributed by atoms with Gasteiger partial charge in [-0.05, 0) is 43.9 Å². The second-order valence-electron chi connectivity index (χ2n) is 5.58. The molecule has 16 heavy (non-hydrogen) atoms. The maximum absolute atomic E-state index is 6.13. The Balaban J connectivity index is 1.86. The van der Waals surface area contributed by atoms with Crippen molar-refractivity contribution in [3.05, 3.63) is 0 Å². The summed E-state index contributed by atoms with van der Waals surface area (Å²) in [6.45, 7) is 5.37. The molecule has 3 heteroatoms. The van der Waals surface area contributed by atoms with E-state index in [4.69, 9.17) is 15.2 Å². The van der Waals surface area contributed by atoms with Gasteiger partial charge in [0.25, 0.3) is 0 Å². The Hall–Kier alpha value is -0.120. The fourth-order valence-corrected chi connectivity index (χ4v) is 3.14. The van der Waals surface area contributed by atoms with Crippen molar-refractivity contribution in [3.8, 4) is 0 Å². The first-order valence-corrected chi connectivity index (χ1v) is 6.69. The van der Waals surface area contributed by atoms with Gasteiger partial charge in [0.15, 0.2) is 6.29 Å². The summed E-state index contributed by atoms with van der Waals surface area (Å²) >= 11 is 0. The minimum absolute atomic E-state index is 0.0398. The van der Waals surface area contributed by atoms with E-state index in [0.29, 0.717) is 24.0 Å². The van der Waals surface area contributed by atoms with E-state index in [1.165, 1.54) is 12.8 Å². The van der Waals surface area contributed by atoms with Crippen LogP contribution in [0.2, 0.25) is 0 Å². The van der Waals surface area contributed by atoms with Gasteiger partial charge in [0, 0.05) is 12.6 Å². The molecule has 2 aliphatic rings. The monoisotopic (exact) mass is 227 g/mol. The number of ether oxygens (including phenoxy) is 2. The SMILES string of the molecule is C[C@@H]1CC(N)C[C@H](C)C1OC1CCCCO1. The van der Waals surface area contributed by atoms with E-state index in [1.807, 2.05) is 0 Å². The van der Waals surface area contributed by atoms with E-state index in [2.05, 4.69) is 13.8 Å². The molecule has 2 rings (SSSR count). The minimum Gasteiger partial charge on any atom is -0.353 e. The molecule has 1 saturated heterocycles. The maximum Gasteiger partial charge on any atom is 0.157 e. The predicted molar refractivity (Wildman–Crippen MR) is 64.0 cm³/mol. The summed E-state index contributed by atoms with van der Waals surface area (Å²) in [4.78, 5) is 0. The Kier molecular flexibility index (Phi) is 4.22. The van der Waals surface area contributed by atoms with E-state index in [-0.39, 0.29) is 6.29 Å². The van der Waals surface area contributed by atoms with Crippen LogP contribution in [-0.2, 0) is 9.47 Å². The Morgan fingerprint density at radius 2 is 1.81 bits per heavy atom. The van der Waals surface area contributed by atoms with Crippen molar-refractivity contribution < 1.29 is 9.47 Å². The summed E-state index contributed by atoms with van der Waals surface area (Å²) in [7, 11) is 0. The fourth-order valence-electron chi connectivity index (χ4n) is 3.14. The van der Waals surface area contributed by atoms with Crippen LogP contribution in [-0.4, -0.2) is 25.0 Å². The van der Waals surface area contributed by atoms with Gasteiger partial charge in [-0.15, -0.1) is 0 Å². The molecule has 3 nitrogen and oxygen atoms in total. The molecule has 0 amide bonds.